The maximum absolute atomic E-state index is 11.7. The van der Waals surface area contributed by atoms with Crippen LogP contribution in [0.2, 0.25) is 5.02 Å². The fraction of sp³-hybridized carbons (Fsp3) is 0.400. The minimum absolute atomic E-state index is 0.0429. The van der Waals surface area contributed by atoms with E-state index in [0.717, 1.165) is 6.26 Å². The first kappa shape index (κ1) is 14.9. The summed E-state index contributed by atoms with van der Waals surface area (Å²) in [5, 5.41) is 9.95. The normalized spacial score (nSPS) is 11.4. The predicted molar refractivity (Wildman–Crippen MR) is 67.2 cm³/mol. The van der Waals surface area contributed by atoms with E-state index in [2.05, 4.69) is 0 Å². The molecule has 0 unspecified atom stereocenters. The summed E-state index contributed by atoms with van der Waals surface area (Å²) in [6.45, 7) is -0.124. The molecule has 0 atom stereocenters. The number of methoxy groups -OCH3 is 2. The Morgan fingerprint density at radius 1 is 1.28 bits per heavy atom. The van der Waals surface area contributed by atoms with Crippen LogP contribution in [-0.2, 0) is 16.4 Å². The van der Waals surface area contributed by atoms with E-state index in [4.69, 9.17) is 26.8 Å². The van der Waals surface area contributed by atoms with E-state index in [1.807, 2.05) is 0 Å². The molecule has 1 aromatic rings. The zero-order valence-electron chi connectivity index (χ0n) is 10.2. The van der Waals surface area contributed by atoms with Crippen molar-refractivity contribution in [1.29, 1.82) is 0 Å². The molecule has 1 aromatic carbocycles. The molecule has 0 heterocycles. The van der Waals surface area contributed by atoms with Gasteiger partial charge < -0.3 is 20.3 Å². The fourth-order valence-corrected chi connectivity index (χ4v) is 3.03. The average molecular weight is 296 g/mol. The lowest BCUT2D eigenvalue weighted by Gasteiger charge is -2.17. The number of halogens is 1. The summed E-state index contributed by atoms with van der Waals surface area (Å²) in [5.74, 6) is -0.565. The first-order valence-electron chi connectivity index (χ1n) is 4.84. The van der Waals surface area contributed by atoms with E-state index in [1.165, 1.54) is 14.2 Å². The van der Waals surface area contributed by atoms with Gasteiger partial charge >= 0.3 is 0 Å². The first-order chi connectivity index (χ1) is 8.29. The van der Waals surface area contributed by atoms with Gasteiger partial charge in [-0.1, -0.05) is 11.6 Å². The number of sulfone groups is 1. The van der Waals surface area contributed by atoms with Crippen LogP contribution in [0.25, 0.3) is 0 Å². The van der Waals surface area contributed by atoms with Crippen LogP contribution in [0.3, 0.4) is 0 Å². The van der Waals surface area contributed by atoms with Crippen LogP contribution in [0, 0.1) is 0 Å². The van der Waals surface area contributed by atoms with Crippen molar-refractivity contribution < 1.29 is 23.0 Å². The van der Waals surface area contributed by atoms with Gasteiger partial charge in [0.05, 0.1) is 19.8 Å². The highest BCUT2D eigenvalue weighted by Crippen LogP contribution is 2.47. The second kappa shape index (κ2) is 5.21. The number of hydrogen-bond donors (Lipinski definition) is 2. The lowest BCUT2D eigenvalue weighted by molar-refractivity contribution is 0.366. The molecule has 0 saturated carbocycles. The van der Waals surface area contributed by atoms with Gasteiger partial charge in [-0.2, -0.15) is 0 Å². The zero-order chi connectivity index (χ0) is 14.1. The molecule has 18 heavy (non-hydrogen) atoms. The lowest BCUT2D eigenvalue weighted by atomic mass is 10.1. The van der Waals surface area contributed by atoms with Crippen LogP contribution in [0.1, 0.15) is 5.56 Å². The molecule has 102 valence electrons. The van der Waals surface area contributed by atoms with Crippen LogP contribution in [0.4, 0.5) is 0 Å². The van der Waals surface area contributed by atoms with Gasteiger partial charge in [0.15, 0.2) is 20.5 Å². The van der Waals surface area contributed by atoms with Crippen molar-refractivity contribution in [1.82, 2.24) is 0 Å². The molecule has 0 saturated heterocycles. The number of aromatic hydroxyl groups is 1. The first-order valence-corrected chi connectivity index (χ1v) is 7.11. The largest absolute Gasteiger partial charge is 0.506 e. The lowest BCUT2D eigenvalue weighted by Crippen LogP contribution is -2.08. The van der Waals surface area contributed by atoms with E-state index in [9.17, 15) is 13.5 Å². The van der Waals surface area contributed by atoms with Crippen molar-refractivity contribution in [3.8, 4) is 17.2 Å². The van der Waals surface area contributed by atoms with Crippen molar-refractivity contribution in [3.05, 3.63) is 10.6 Å². The molecule has 0 fully saturated rings. The quantitative estimate of drug-likeness (QED) is 0.857. The van der Waals surface area contributed by atoms with Crippen LogP contribution >= 0.6 is 11.6 Å². The second-order valence-electron chi connectivity index (χ2n) is 3.51. The number of ether oxygens (including phenoxy) is 2. The fourth-order valence-electron chi connectivity index (χ4n) is 1.62. The van der Waals surface area contributed by atoms with Crippen LogP contribution < -0.4 is 15.2 Å². The van der Waals surface area contributed by atoms with Crippen LogP contribution in [-0.4, -0.2) is 34.0 Å². The Morgan fingerprint density at radius 2 is 1.78 bits per heavy atom. The molecule has 0 radical (unpaired) electrons. The van der Waals surface area contributed by atoms with Gasteiger partial charge in [0, 0.05) is 12.8 Å². The average Bonchev–Trinajstić information content (AvgIpc) is 2.28. The number of rotatable bonds is 4. The van der Waals surface area contributed by atoms with Gasteiger partial charge in [-0.25, -0.2) is 8.42 Å². The Morgan fingerprint density at radius 3 is 2.11 bits per heavy atom. The molecule has 8 heteroatoms. The zero-order valence-corrected chi connectivity index (χ0v) is 11.7. The van der Waals surface area contributed by atoms with Crippen LogP contribution in [0.5, 0.6) is 17.2 Å². The molecule has 0 aliphatic heterocycles. The van der Waals surface area contributed by atoms with Crippen molar-refractivity contribution in [2.45, 2.75) is 11.4 Å². The summed E-state index contributed by atoms with van der Waals surface area (Å²) >= 11 is 6.00. The molecule has 0 aromatic heterocycles. The van der Waals surface area contributed by atoms with Gasteiger partial charge in [0.2, 0.25) is 0 Å². The molecule has 0 aliphatic carbocycles. The van der Waals surface area contributed by atoms with Gasteiger partial charge in [0.1, 0.15) is 16.5 Å². The molecule has 6 nitrogen and oxygen atoms in total. The summed E-state index contributed by atoms with van der Waals surface area (Å²) < 4.78 is 33.3. The summed E-state index contributed by atoms with van der Waals surface area (Å²) in [7, 11) is -1.15. The Labute approximate surface area is 110 Å². The number of nitrogens with two attached hydrogens (primary N) is 1. The van der Waals surface area contributed by atoms with E-state index < -0.39 is 20.5 Å². The van der Waals surface area contributed by atoms with Gasteiger partial charge in [-0.3, -0.25) is 0 Å². The second-order valence-corrected chi connectivity index (χ2v) is 5.84. The molecule has 0 amide bonds. The van der Waals surface area contributed by atoms with Crippen molar-refractivity contribution in [2.75, 3.05) is 20.5 Å². The van der Waals surface area contributed by atoms with Crippen molar-refractivity contribution in [2.24, 2.45) is 5.73 Å². The summed E-state index contributed by atoms with van der Waals surface area (Å²) in [6.07, 6.45) is 0.938. The van der Waals surface area contributed by atoms with E-state index in [1.54, 1.807) is 0 Å². The highest BCUT2D eigenvalue weighted by atomic mass is 35.5. The van der Waals surface area contributed by atoms with Gasteiger partial charge in [-0.05, 0) is 0 Å². The topological polar surface area (TPSA) is 98.8 Å². The monoisotopic (exact) mass is 295 g/mol. The summed E-state index contributed by atoms with van der Waals surface area (Å²) in [5.41, 5.74) is 5.58. The molecule has 0 bridgehead atoms. The standard InChI is InChI=1S/C10H14ClNO5S/c1-16-8-5(4-12)7(13)10(18(3,14)15)9(17-2)6(8)11/h13H,4,12H2,1-3H3. The van der Waals surface area contributed by atoms with Gasteiger partial charge in [0.25, 0.3) is 0 Å². The molecule has 0 spiro atoms. The van der Waals surface area contributed by atoms with Crippen molar-refractivity contribution >= 4 is 21.4 Å². The predicted octanol–water partition coefficient (Wildman–Crippen LogP) is 0.925. The third-order valence-corrected chi connectivity index (χ3v) is 3.83. The summed E-state index contributed by atoms with van der Waals surface area (Å²) in [6, 6.07) is 0. The maximum atomic E-state index is 11.7. The number of hydrogen-bond acceptors (Lipinski definition) is 6. The van der Waals surface area contributed by atoms with Crippen LogP contribution in [0.15, 0.2) is 4.90 Å². The van der Waals surface area contributed by atoms with E-state index in [0.29, 0.717) is 0 Å². The SMILES string of the molecule is COc1c(Cl)c(OC)c(S(C)(=O)=O)c(O)c1CN. The Kier molecular flexibility index (Phi) is 4.31. The highest BCUT2D eigenvalue weighted by Gasteiger charge is 2.29. The summed E-state index contributed by atoms with van der Waals surface area (Å²) in [4.78, 5) is -0.392. The number of benzene rings is 1. The molecule has 0 aliphatic rings. The Balaban J connectivity index is 3.89. The Bertz CT molecular complexity index is 570. The third-order valence-electron chi connectivity index (χ3n) is 2.36. The number of phenols is 1. The maximum Gasteiger partial charge on any atom is 0.182 e. The van der Waals surface area contributed by atoms with E-state index in [-0.39, 0.29) is 28.6 Å². The van der Waals surface area contributed by atoms with Crippen molar-refractivity contribution in [3.63, 3.8) is 0 Å². The minimum atomic E-state index is -3.73. The van der Waals surface area contributed by atoms with Gasteiger partial charge in [-0.15, -0.1) is 0 Å². The third kappa shape index (κ3) is 2.33. The smallest absolute Gasteiger partial charge is 0.182 e. The number of phenolic OH excluding ortho intramolecular Hbond substituents is 1. The Hall–Kier alpha value is -1.18. The van der Waals surface area contributed by atoms with E-state index >= 15 is 0 Å². The minimum Gasteiger partial charge on any atom is -0.506 e. The molecular formula is C10H14ClNO5S. The molecule has 1 rings (SSSR count). The highest BCUT2D eigenvalue weighted by molar-refractivity contribution is 7.91. The molecular weight excluding hydrogens is 282 g/mol. The molecule has 3 N–H and O–H groups in total.